The molecular formula is C18H21NO2. The van der Waals surface area contributed by atoms with Crippen LogP contribution in [0.25, 0.3) is 11.1 Å². The molecule has 0 aliphatic carbocycles. The van der Waals surface area contributed by atoms with E-state index in [1.54, 1.807) is 6.92 Å². The van der Waals surface area contributed by atoms with Crippen LogP contribution in [0, 0.1) is 51.7 Å². The van der Waals surface area contributed by atoms with Crippen LogP contribution in [0.1, 0.15) is 33.4 Å². The van der Waals surface area contributed by atoms with Gasteiger partial charge in [0, 0.05) is 11.1 Å². The molecule has 0 amide bonds. The topological polar surface area (TPSA) is 43.1 Å². The second-order valence-corrected chi connectivity index (χ2v) is 5.89. The fourth-order valence-electron chi connectivity index (χ4n) is 3.42. The van der Waals surface area contributed by atoms with Gasteiger partial charge in [0.15, 0.2) is 0 Å². The van der Waals surface area contributed by atoms with Crippen molar-refractivity contribution in [1.82, 2.24) is 0 Å². The Labute approximate surface area is 125 Å². The Morgan fingerprint density at radius 3 is 1.71 bits per heavy atom. The van der Waals surface area contributed by atoms with Crippen molar-refractivity contribution in [1.29, 1.82) is 0 Å². The van der Waals surface area contributed by atoms with E-state index in [-0.39, 0.29) is 10.6 Å². The maximum Gasteiger partial charge on any atom is 0.275 e. The van der Waals surface area contributed by atoms with Crippen LogP contribution in [-0.4, -0.2) is 4.92 Å². The van der Waals surface area contributed by atoms with E-state index in [1.807, 2.05) is 19.9 Å². The van der Waals surface area contributed by atoms with E-state index in [2.05, 4.69) is 32.9 Å². The van der Waals surface area contributed by atoms with Gasteiger partial charge in [-0.15, -0.1) is 0 Å². The van der Waals surface area contributed by atoms with Crippen LogP contribution in [0.2, 0.25) is 0 Å². The minimum absolute atomic E-state index is 0.231. The lowest BCUT2D eigenvalue weighted by atomic mass is 9.86. The smallest absolute Gasteiger partial charge is 0.258 e. The fourth-order valence-corrected chi connectivity index (χ4v) is 3.42. The van der Waals surface area contributed by atoms with E-state index >= 15 is 0 Å². The molecule has 0 unspecified atom stereocenters. The first kappa shape index (κ1) is 15.2. The van der Waals surface area contributed by atoms with Gasteiger partial charge >= 0.3 is 0 Å². The first-order chi connectivity index (χ1) is 9.73. The largest absolute Gasteiger partial charge is 0.275 e. The standard InChI is InChI=1S/C18H21NO2/c1-10-7-11(2)16(12(3)8-10)17-13(4)9-14(5)18(15(17)6)19(20)21/h7-9H,1-6H3. The number of hydrogen-bond donors (Lipinski definition) is 0. The van der Waals surface area contributed by atoms with Crippen LogP contribution < -0.4 is 0 Å². The predicted octanol–water partition coefficient (Wildman–Crippen LogP) is 5.11. The maximum atomic E-state index is 11.4. The molecule has 2 aromatic rings. The number of nitro benzene ring substituents is 1. The third-order valence-corrected chi connectivity index (χ3v) is 4.04. The van der Waals surface area contributed by atoms with E-state index in [0.29, 0.717) is 0 Å². The Hall–Kier alpha value is -2.16. The quantitative estimate of drug-likeness (QED) is 0.567. The summed E-state index contributed by atoms with van der Waals surface area (Å²) in [5.41, 5.74) is 8.47. The molecule has 0 aliphatic rings. The number of nitro groups is 1. The van der Waals surface area contributed by atoms with Gasteiger partial charge in [-0.25, -0.2) is 0 Å². The van der Waals surface area contributed by atoms with E-state index < -0.39 is 0 Å². The Kier molecular flexibility index (Phi) is 3.86. The third kappa shape index (κ3) is 2.56. The normalized spacial score (nSPS) is 10.8. The molecule has 0 spiro atoms. The van der Waals surface area contributed by atoms with Crippen molar-refractivity contribution < 1.29 is 4.92 Å². The number of nitrogens with zero attached hydrogens (tertiary/aromatic N) is 1. The summed E-state index contributed by atoms with van der Waals surface area (Å²) in [5, 5.41) is 11.4. The molecule has 0 atom stereocenters. The van der Waals surface area contributed by atoms with Crippen molar-refractivity contribution in [3.8, 4) is 11.1 Å². The van der Waals surface area contributed by atoms with Crippen LogP contribution in [0.3, 0.4) is 0 Å². The lowest BCUT2D eigenvalue weighted by Crippen LogP contribution is -2.01. The molecule has 0 bridgehead atoms. The van der Waals surface area contributed by atoms with Crippen LogP contribution in [0.15, 0.2) is 18.2 Å². The number of aryl methyl sites for hydroxylation is 5. The van der Waals surface area contributed by atoms with Gasteiger partial charge in [-0.1, -0.05) is 17.7 Å². The minimum atomic E-state index is -0.271. The molecule has 21 heavy (non-hydrogen) atoms. The molecule has 3 nitrogen and oxygen atoms in total. The Morgan fingerprint density at radius 2 is 1.24 bits per heavy atom. The summed E-state index contributed by atoms with van der Waals surface area (Å²) in [5.74, 6) is 0. The first-order valence-electron chi connectivity index (χ1n) is 7.07. The lowest BCUT2D eigenvalue weighted by molar-refractivity contribution is -0.386. The van der Waals surface area contributed by atoms with Crippen LogP contribution in [0.5, 0.6) is 0 Å². The molecule has 2 aromatic carbocycles. The van der Waals surface area contributed by atoms with E-state index in [1.165, 1.54) is 5.56 Å². The molecule has 2 rings (SSSR count). The van der Waals surface area contributed by atoms with Gasteiger partial charge in [-0.3, -0.25) is 10.1 Å². The summed E-state index contributed by atoms with van der Waals surface area (Å²) in [6.07, 6.45) is 0. The molecular weight excluding hydrogens is 262 g/mol. The highest BCUT2D eigenvalue weighted by molar-refractivity contribution is 5.80. The van der Waals surface area contributed by atoms with Gasteiger partial charge in [-0.05, 0) is 75.4 Å². The molecule has 0 fully saturated rings. The third-order valence-electron chi connectivity index (χ3n) is 4.04. The molecule has 0 N–H and O–H groups in total. The van der Waals surface area contributed by atoms with Crippen molar-refractivity contribution in [3.63, 3.8) is 0 Å². The highest BCUT2D eigenvalue weighted by atomic mass is 16.6. The Balaban J connectivity index is 2.88. The van der Waals surface area contributed by atoms with Gasteiger partial charge < -0.3 is 0 Å². The molecule has 0 saturated heterocycles. The number of rotatable bonds is 2. The summed E-state index contributed by atoms with van der Waals surface area (Å²) < 4.78 is 0. The predicted molar refractivity (Wildman–Crippen MR) is 87.0 cm³/mol. The fraction of sp³-hybridized carbons (Fsp3) is 0.333. The molecule has 110 valence electrons. The van der Waals surface area contributed by atoms with Gasteiger partial charge in [-0.2, -0.15) is 0 Å². The zero-order valence-corrected chi connectivity index (χ0v) is 13.5. The summed E-state index contributed by atoms with van der Waals surface area (Å²) >= 11 is 0. The van der Waals surface area contributed by atoms with Crippen molar-refractivity contribution in [2.75, 3.05) is 0 Å². The summed E-state index contributed by atoms with van der Waals surface area (Å²) in [6, 6.07) is 6.18. The highest BCUT2D eigenvalue weighted by Crippen LogP contribution is 2.38. The van der Waals surface area contributed by atoms with Crippen molar-refractivity contribution in [3.05, 3.63) is 61.7 Å². The molecule has 3 heteroatoms. The van der Waals surface area contributed by atoms with Crippen molar-refractivity contribution >= 4 is 5.69 Å². The SMILES string of the molecule is Cc1cc(C)c(-c2c(C)cc(C)c([N+](=O)[O-])c2C)c(C)c1. The lowest BCUT2D eigenvalue weighted by Gasteiger charge is -2.17. The second kappa shape index (κ2) is 5.32. The highest BCUT2D eigenvalue weighted by Gasteiger charge is 2.22. The summed E-state index contributed by atoms with van der Waals surface area (Å²) in [7, 11) is 0. The van der Waals surface area contributed by atoms with Crippen LogP contribution in [0.4, 0.5) is 5.69 Å². The molecule has 0 heterocycles. The van der Waals surface area contributed by atoms with Gasteiger partial charge in [0.05, 0.1) is 4.92 Å². The molecule has 0 aromatic heterocycles. The van der Waals surface area contributed by atoms with E-state index in [4.69, 9.17) is 0 Å². The zero-order chi connectivity index (χ0) is 15.9. The maximum absolute atomic E-state index is 11.4. The monoisotopic (exact) mass is 283 g/mol. The molecule has 0 saturated carbocycles. The average Bonchev–Trinajstić information content (AvgIpc) is 2.30. The molecule has 0 radical (unpaired) electrons. The van der Waals surface area contributed by atoms with E-state index in [0.717, 1.165) is 38.9 Å². The number of hydrogen-bond acceptors (Lipinski definition) is 2. The van der Waals surface area contributed by atoms with Gasteiger partial charge in [0.1, 0.15) is 0 Å². The van der Waals surface area contributed by atoms with Gasteiger partial charge in [0.2, 0.25) is 0 Å². The second-order valence-electron chi connectivity index (χ2n) is 5.89. The average molecular weight is 283 g/mol. The number of benzene rings is 2. The van der Waals surface area contributed by atoms with Gasteiger partial charge in [0.25, 0.3) is 5.69 Å². The van der Waals surface area contributed by atoms with Crippen molar-refractivity contribution in [2.45, 2.75) is 41.5 Å². The Morgan fingerprint density at radius 1 is 0.762 bits per heavy atom. The molecule has 0 aliphatic heterocycles. The first-order valence-corrected chi connectivity index (χ1v) is 7.07. The Bertz CT molecular complexity index is 722. The minimum Gasteiger partial charge on any atom is -0.258 e. The summed E-state index contributed by atoms with van der Waals surface area (Å²) in [4.78, 5) is 11.1. The summed E-state index contributed by atoms with van der Waals surface area (Å²) in [6.45, 7) is 11.9. The van der Waals surface area contributed by atoms with Crippen molar-refractivity contribution in [2.24, 2.45) is 0 Å². The van der Waals surface area contributed by atoms with E-state index in [9.17, 15) is 10.1 Å². The zero-order valence-electron chi connectivity index (χ0n) is 13.5. The van der Waals surface area contributed by atoms with Crippen LogP contribution >= 0.6 is 0 Å². The van der Waals surface area contributed by atoms with Crippen LogP contribution in [-0.2, 0) is 0 Å².